The molecule has 4 aromatic rings. The Morgan fingerprint density at radius 2 is 1.78 bits per heavy atom. The van der Waals surface area contributed by atoms with Crippen molar-refractivity contribution in [3.05, 3.63) is 116 Å². The van der Waals surface area contributed by atoms with E-state index in [9.17, 15) is 24.4 Å². The molecule has 0 fully saturated rings. The van der Waals surface area contributed by atoms with Crippen LogP contribution in [0.4, 0.5) is 10.7 Å². The number of halogens is 1. The molecule has 0 saturated heterocycles. The lowest BCUT2D eigenvalue weighted by molar-refractivity contribution is -0.129. The quantitative estimate of drug-likeness (QED) is 0.135. The molecular weight excluding hydrogens is 686 g/mol. The van der Waals surface area contributed by atoms with Gasteiger partial charge in [-0.3, -0.25) is 19.2 Å². The van der Waals surface area contributed by atoms with Crippen LogP contribution in [0.15, 0.2) is 93.9 Å². The number of hydrogen-bond donors (Lipinski definition) is 3. The highest BCUT2D eigenvalue weighted by Crippen LogP contribution is 2.37. The molecule has 0 unspecified atom stereocenters. The molecule has 0 atom stereocenters. The minimum atomic E-state index is -0.513. The van der Waals surface area contributed by atoms with Gasteiger partial charge in [-0.05, 0) is 66.1 Å². The monoisotopic (exact) mass is 713 g/mol. The fourth-order valence-corrected chi connectivity index (χ4v) is 6.97. The number of carbonyl (C=O) groups excluding carboxylic acids is 4. The van der Waals surface area contributed by atoms with Gasteiger partial charge in [0.25, 0.3) is 11.8 Å². The van der Waals surface area contributed by atoms with Crippen molar-refractivity contribution in [1.29, 1.82) is 5.26 Å². The van der Waals surface area contributed by atoms with E-state index in [2.05, 4.69) is 37.9 Å². The van der Waals surface area contributed by atoms with Crippen LogP contribution in [-0.4, -0.2) is 40.8 Å². The Morgan fingerprint density at radius 3 is 2.50 bits per heavy atom. The van der Waals surface area contributed by atoms with Gasteiger partial charge in [0.2, 0.25) is 11.8 Å². The van der Waals surface area contributed by atoms with Gasteiger partial charge in [0.1, 0.15) is 16.8 Å². The number of anilines is 2. The fourth-order valence-electron chi connectivity index (χ4n) is 4.72. The predicted octanol–water partition coefficient (Wildman–Crippen LogP) is 6.43. The van der Waals surface area contributed by atoms with E-state index in [1.54, 1.807) is 59.5 Å². The first-order chi connectivity index (χ1) is 22.2. The molecule has 0 spiro atoms. The lowest BCUT2D eigenvalue weighted by atomic mass is 10.0. The highest BCUT2D eigenvalue weighted by Gasteiger charge is 2.26. The lowest BCUT2D eigenvalue weighted by Crippen LogP contribution is -2.33. The molecule has 0 saturated carbocycles. The summed E-state index contributed by atoms with van der Waals surface area (Å²) in [7, 11) is 0. The van der Waals surface area contributed by atoms with Crippen LogP contribution in [-0.2, 0) is 27.3 Å². The predicted molar refractivity (Wildman–Crippen MR) is 184 cm³/mol. The molecule has 1 aliphatic rings. The van der Waals surface area contributed by atoms with Gasteiger partial charge in [0.05, 0.1) is 17.9 Å². The zero-order valence-corrected chi connectivity index (χ0v) is 27.9. The second kappa shape index (κ2) is 15.1. The van der Waals surface area contributed by atoms with Crippen molar-refractivity contribution in [2.45, 2.75) is 24.8 Å². The van der Waals surface area contributed by atoms with E-state index < -0.39 is 11.8 Å². The lowest BCUT2D eigenvalue weighted by Gasteiger charge is -2.25. The van der Waals surface area contributed by atoms with Crippen LogP contribution in [0.2, 0.25) is 0 Å². The van der Waals surface area contributed by atoms with Crippen molar-refractivity contribution < 1.29 is 19.2 Å². The van der Waals surface area contributed by atoms with Crippen molar-refractivity contribution in [3.8, 4) is 6.07 Å². The summed E-state index contributed by atoms with van der Waals surface area (Å²) >= 11 is 6.01. The van der Waals surface area contributed by atoms with E-state index in [0.717, 1.165) is 25.4 Å². The molecule has 46 heavy (non-hydrogen) atoms. The average Bonchev–Trinajstić information content (AvgIpc) is 3.40. The van der Waals surface area contributed by atoms with Crippen molar-refractivity contribution in [2.24, 2.45) is 0 Å². The van der Waals surface area contributed by atoms with E-state index in [0.29, 0.717) is 41.3 Å². The summed E-state index contributed by atoms with van der Waals surface area (Å²) in [5.74, 6) is -1.15. The van der Waals surface area contributed by atoms with E-state index in [1.807, 2.05) is 30.3 Å². The molecule has 232 valence electrons. The number of hydrogen-bond acceptors (Lipinski definition) is 7. The molecule has 0 radical (unpaired) electrons. The van der Waals surface area contributed by atoms with Crippen molar-refractivity contribution in [3.63, 3.8) is 0 Å². The minimum Gasteiger partial charge on any atom is -0.337 e. The number of carbonyl (C=O) groups is 4. The molecule has 3 aromatic carbocycles. The van der Waals surface area contributed by atoms with Gasteiger partial charge in [-0.25, -0.2) is 0 Å². The summed E-state index contributed by atoms with van der Waals surface area (Å²) in [4.78, 5) is 54.4. The smallest absolute Gasteiger partial charge is 0.272 e. The zero-order chi connectivity index (χ0) is 32.6. The normalized spacial score (nSPS) is 12.5. The maximum absolute atomic E-state index is 13.4. The van der Waals surface area contributed by atoms with Gasteiger partial charge >= 0.3 is 0 Å². The summed E-state index contributed by atoms with van der Waals surface area (Å²) in [6, 6.07) is 25.2. The molecule has 1 aromatic heterocycles. The number of thiophene rings is 1. The van der Waals surface area contributed by atoms with Gasteiger partial charge in [-0.2, -0.15) is 5.26 Å². The van der Waals surface area contributed by atoms with Crippen molar-refractivity contribution in [2.75, 3.05) is 22.9 Å². The van der Waals surface area contributed by atoms with Crippen LogP contribution in [0.3, 0.4) is 0 Å². The maximum Gasteiger partial charge on any atom is 0.272 e. The topological polar surface area (TPSA) is 131 Å². The molecule has 12 heteroatoms. The largest absolute Gasteiger partial charge is 0.337 e. The number of rotatable bonds is 9. The van der Waals surface area contributed by atoms with E-state index in [4.69, 9.17) is 0 Å². The Labute approximate surface area is 282 Å². The summed E-state index contributed by atoms with van der Waals surface area (Å²) in [5, 5.41) is 18.7. The number of amides is 4. The van der Waals surface area contributed by atoms with Gasteiger partial charge < -0.3 is 20.9 Å². The summed E-state index contributed by atoms with van der Waals surface area (Å²) in [6.07, 6.45) is 2.18. The van der Waals surface area contributed by atoms with Crippen molar-refractivity contribution in [1.82, 2.24) is 10.2 Å². The maximum atomic E-state index is 13.4. The third-order valence-electron chi connectivity index (χ3n) is 7.04. The molecule has 0 aliphatic carbocycles. The average molecular weight is 715 g/mol. The SMILES string of the molecule is CC(=O)N1CCc2c(sc(NC(=O)CSc3cccc(NC(=O)/C(=C\c4ccc(Br)cc4)NC(=O)c4ccccc4)c3)c2C#N)C1. The molecule has 1 aliphatic heterocycles. The van der Waals surface area contributed by atoms with E-state index in [1.165, 1.54) is 30.0 Å². The molecule has 3 N–H and O–H groups in total. The second-order valence-corrected chi connectivity index (χ2v) is 13.3. The number of thioether (sulfide) groups is 1. The van der Waals surface area contributed by atoms with Crippen LogP contribution < -0.4 is 16.0 Å². The van der Waals surface area contributed by atoms with Crippen LogP contribution in [0.25, 0.3) is 6.08 Å². The molecule has 5 rings (SSSR count). The second-order valence-electron chi connectivity index (χ2n) is 10.3. The van der Waals surface area contributed by atoms with Gasteiger partial charge in [0, 0.05) is 39.0 Å². The summed E-state index contributed by atoms with van der Waals surface area (Å²) in [5.41, 5.74) is 3.03. The third-order valence-corrected chi connectivity index (χ3v) is 9.69. The first-order valence-corrected chi connectivity index (χ1v) is 16.8. The molecule has 4 amide bonds. The summed E-state index contributed by atoms with van der Waals surface area (Å²) < 4.78 is 0.882. The number of nitriles is 1. The van der Waals surface area contributed by atoms with E-state index >= 15 is 0 Å². The Morgan fingerprint density at radius 1 is 1.02 bits per heavy atom. The van der Waals surface area contributed by atoms with Crippen LogP contribution in [0, 0.1) is 11.3 Å². The molecule has 0 bridgehead atoms. The molecule has 2 heterocycles. The van der Waals surface area contributed by atoms with Gasteiger partial charge in [-0.1, -0.05) is 52.3 Å². The number of benzene rings is 3. The standard InChI is InChI=1S/C34H28BrN5O4S2/c1-21(41)40-15-14-27-28(18-36)34(46-30(27)19-40)39-31(42)20-45-26-9-5-8-25(17-26)37-33(44)29(16-22-10-12-24(35)13-11-22)38-32(43)23-6-3-2-4-7-23/h2-13,16-17H,14-15,19-20H2,1H3,(H,37,44)(H,38,43)(H,39,42)/b29-16+. The number of nitrogens with one attached hydrogen (secondary N) is 3. The third kappa shape index (κ3) is 8.31. The first kappa shape index (κ1) is 32.7. The first-order valence-electron chi connectivity index (χ1n) is 14.2. The Bertz CT molecular complexity index is 1870. The minimum absolute atomic E-state index is 0.0215. The highest BCUT2D eigenvalue weighted by molar-refractivity contribution is 9.10. The van der Waals surface area contributed by atoms with Crippen LogP contribution in [0.1, 0.15) is 38.8 Å². The molecular formula is C34H28BrN5O4S2. The van der Waals surface area contributed by atoms with Crippen LogP contribution >= 0.6 is 39.0 Å². The zero-order valence-electron chi connectivity index (χ0n) is 24.6. The number of nitrogens with zero attached hydrogens (tertiary/aromatic N) is 2. The van der Waals surface area contributed by atoms with Gasteiger partial charge in [0.15, 0.2) is 0 Å². The van der Waals surface area contributed by atoms with Crippen molar-refractivity contribution >= 4 is 79.4 Å². The summed E-state index contributed by atoms with van der Waals surface area (Å²) in [6.45, 7) is 2.50. The Kier molecular flexibility index (Phi) is 10.7. The Balaban J connectivity index is 1.24. The fraction of sp³-hybridized carbons (Fsp3) is 0.147. The van der Waals surface area contributed by atoms with Gasteiger partial charge in [-0.15, -0.1) is 23.1 Å². The van der Waals surface area contributed by atoms with E-state index in [-0.39, 0.29) is 23.3 Å². The Hall–Kier alpha value is -4.70. The highest BCUT2D eigenvalue weighted by atomic mass is 79.9. The van der Waals surface area contributed by atoms with Crippen LogP contribution in [0.5, 0.6) is 0 Å². The number of fused-ring (bicyclic) bond motifs is 1. The molecule has 9 nitrogen and oxygen atoms in total.